The Morgan fingerprint density at radius 1 is 1.20 bits per heavy atom. The molecule has 0 aromatic carbocycles. The second-order valence-corrected chi connectivity index (χ2v) is 6.28. The SMILES string of the molecule is C/C(C=O)=C\C(C)=C\[C@]1(C)[C@H]2OC(=O)[C@]1(C)C(=O)[C@@H]2C. The van der Waals surface area contributed by atoms with Gasteiger partial charge in [-0.2, -0.15) is 0 Å². The summed E-state index contributed by atoms with van der Waals surface area (Å²) >= 11 is 0. The number of allylic oxidation sites excluding steroid dienone is 3. The van der Waals surface area contributed by atoms with Crippen LogP contribution < -0.4 is 0 Å². The van der Waals surface area contributed by atoms with Crippen molar-refractivity contribution >= 4 is 18.0 Å². The summed E-state index contributed by atoms with van der Waals surface area (Å²) in [7, 11) is 0. The van der Waals surface area contributed by atoms with Gasteiger partial charge in [0.05, 0.1) is 5.92 Å². The number of ketones is 1. The lowest BCUT2D eigenvalue weighted by Gasteiger charge is -2.28. The van der Waals surface area contributed by atoms with Crippen LogP contribution in [0.1, 0.15) is 34.6 Å². The quantitative estimate of drug-likeness (QED) is 0.261. The van der Waals surface area contributed by atoms with Crippen molar-refractivity contribution in [3.63, 3.8) is 0 Å². The molecule has 1 aliphatic heterocycles. The molecular weight excluding hydrogens is 256 g/mol. The van der Waals surface area contributed by atoms with Crippen molar-refractivity contribution in [2.45, 2.75) is 40.7 Å². The largest absolute Gasteiger partial charge is 0.460 e. The summed E-state index contributed by atoms with van der Waals surface area (Å²) in [5.74, 6) is -0.780. The van der Waals surface area contributed by atoms with E-state index >= 15 is 0 Å². The molecule has 1 saturated carbocycles. The van der Waals surface area contributed by atoms with Gasteiger partial charge in [0.1, 0.15) is 17.8 Å². The predicted octanol–water partition coefficient (Wildman–Crippen LogP) is 2.23. The number of aldehydes is 1. The molecule has 1 saturated heterocycles. The van der Waals surface area contributed by atoms with Crippen molar-refractivity contribution in [2.75, 3.05) is 0 Å². The maximum absolute atomic E-state index is 12.4. The highest BCUT2D eigenvalue weighted by atomic mass is 16.6. The third-order valence-electron chi connectivity index (χ3n) is 4.84. The van der Waals surface area contributed by atoms with Gasteiger partial charge < -0.3 is 4.74 Å². The van der Waals surface area contributed by atoms with Gasteiger partial charge in [-0.1, -0.05) is 31.6 Å². The summed E-state index contributed by atoms with van der Waals surface area (Å²) in [6.45, 7) is 8.93. The highest BCUT2D eigenvalue weighted by molar-refractivity contribution is 6.10. The van der Waals surface area contributed by atoms with Crippen LogP contribution in [-0.2, 0) is 19.1 Å². The fraction of sp³-hybridized carbons (Fsp3) is 0.562. The molecular formula is C16H20O4. The molecule has 2 rings (SSSR count). The molecule has 2 bridgehead atoms. The van der Waals surface area contributed by atoms with Crippen molar-refractivity contribution in [3.05, 3.63) is 23.3 Å². The number of rotatable bonds is 3. The third-order valence-corrected chi connectivity index (χ3v) is 4.84. The van der Waals surface area contributed by atoms with E-state index in [0.717, 1.165) is 11.9 Å². The van der Waals surface area contributed by atoms with Gasteiger partial charge in [0.2, 0.25) is 0 Å². The second kappa shape index (κ2) is 4.40. The zero-order chi connectivity index (χ0) is 15.3. The maximum Gasteiger partial charge on any atom is 0.320 e. The Kier molecular flexibility index (Phi) is 3.23. The van der Waals surface area contributed by atoms with Crippen molar-refractivity contribution in [3.8, 4) is 0 Å². The van der Waals surface area contributed by atoms with Gasteiger partial charge >= 0.3 is 5.97 Å². The van der Waals surface area contributed by atoms with E-state index in [0.29, 0.717) is 5.57 Å². The van der Waals surface area contributed by atoms with Gasteiger partial charge in [0, 0.05) is 5.41 Å². The van der Waals surface area contributed by atoms with E-state index in [-0.39, 0.29) is 11.7 Å². The molecule has 0 spiro atoms. The molecule has 108 valence electrons. The molecule has 4 atom stereocenters. The average molecular weight is 276 g/mol. The first-order valence-corrected chi connectivity index (χ1v) is 6.77. The number of carbonyl (C=O) groups excluding carboxylic acids is 3. The van der Waals surface area contributed by atoms with Gasteiger partial charge in [-0.3, -0.25) is 14.4 Å². The van der Waals surface area contributed by atoms with Crippen LogP contribution in [0.15, 0.2) is 23.3 Å². The zero-order valence-corrected chi connectivity index (χ0v) is 12.5. The molecule has 0 N–H and O–H groups in total. The molecule has 1 aliphatic carbocycles. The smallest absolute Gasteiger partial charge is 0.320 e. The van der Waals surface area contributed by atoms with Crippen LogP contribution in [0, 0.1) is 16.7 Å². The summed E-state index contributed by atoms with van der Waals surface area (Å²) in [6, 6.07) is 0. The zero-order valence-electron chi connectivity index (χ0n) is 12.5. The molecule has 0 amide bonds. The van der Waals surface area contributed by atoms with Crippen molar-refractivity contribution < 1.29 is 19.1 Å². The summed E-state index contributed by atoms with van der Waals surface area (Å²) in [5, 5.41) is 0. The van der Waals surface area contributed by atoms with Gasteiger partial charge in [-0.15, -0.1) is 0 Å². The molecule has 0 radical (unpaired) electrons. The van der Waals surface area contributed by atoms with Crippen LogP contribution in [0.3, 0.4) is 0 Å². The standard InChI is InChI=1S/C16H20O4/c1-9(6-10(2)8-17)7-15(4)13-11(3)12(18)16(15,5)14(19)20-13/h6-8,11,13H,1-5H3/b9-7+,10-6+/t11-,13-,15+,16-/m0/s1. The predicted molar refractivity (Wildman–Crippen MR) is 73.8 cm³/mol. The minimum absolute atomic E-state index is 0.0543. The van der Waals surface area contributed by atoms with Gasteiger partial charge in [-0.25, -0.2) is 0 Å². The molecule has 0 aromatic heterocycles. The number of esters is 1. The Morgan fingerprint density at radius 2 is 1.80 bits per heavy atom. The summed E-state index contributed by atoms with van der Waals surface area (Å²) in [5.41, 5.74) is -0.330. The average Bonchev–Trinajstić information content (AvgIpc) is 2.64. The summed E-state index contributed by atoms with van der Waals surface area (Å²) in [6.07, 6.45) is 4.00. The second-order valence-electron chi connectivity index (χ2n) is 6.28. The Bertz CT molecular complexity index is 557. The van der Waals surface area contributed by atoms with Gasteiger partial charge in [0.25, 0.3) is 0 Å². The molecule has 0 aromatic rings. The van der Waals surface area contributed by atoms with Crippen LogP contribution in [-0.4, -0.2) is 24.1 Å². The number of ether oxygens (including phenoxy) is 1. The molecule has 4 heteroatoms. The Hall–Kier alpha value is -1.71. The Labute approximate surface area is 118 Å². The topological polar surface area (TPSA) is 60.4 Å². The normalized spacial score (nSPS) is 41.0. The number of carbonyl (C=O) groups is 3. The van der Waals surface area contributed by atoms with E-state index in [2.05, 4.69) is 0 Å². The highest BCUT2D eigenvalue weighted by Crippen LogP contribution is 2.60. The number of Topliss-reactive ketones (excluding diaryl/α,β-unsaturated/α-hetero) is 1. The van der Waals surface area contributed by atoms with E-state index in [1.165, 1.54) is 0 Å². The van der Waals surface area contributed by atoms with E-state index in [4.69, 9.17) is 4.74 Å². The lowest BCUT2D eigenvalue weighted by atomic mass is 9.68. The summed E-state index contributed by atoms with van der Waals surface area (Å²) in [4.78, 5) is 35.1. The van der Waals surface area contributed by atoms with Crippen LogP contribution >= 0.6 is 0 Å². The van der Waals surface area contributed by atoms with E-state index in [9.17, 15) is 14.4 Å². The highest BCUT2D eigenvalue weighted by Gasteiger charge is 2.73. The molecule has 2 fully saturated rings. The van der Waals surface area contributed by atoms with Gasteiger partial charge in [0.15, 0.2) is 5.78 Å². The van der Waals surface area contributed by atoms with Crippen LogP contribution in [0.5, 0.6) is 0 Å². The van der Waals surface area contributed by atoms with E-state index < -0.39 is 22.9 Å². The number of hydrogen-bond acceptors (Lipinski definition) is 4. The van der Waals surface area contributed by atoms with Crippen LogP contribution in [0.2, 0.25) is 0 Å². The lowest BCUT2D eigenvalue weighted by molar-refractivity contribution is -0.161. The van der Waals surface area contributed by atoms with Gasteiger partial charge in [-0.05, 0) is 26.3 Å². The van der Waals surface area contributed by atoms with Crippen LogP contribution in [0.4, 0.5) is 0 Å². The van der Waals surface area contributed by atoms with E-state index in [1.807, 2.05) is 19.9 Å². The van der Waals surface area contributed by atoms with Crippen LogP contribution in [0.25, 0.3) is 0 Å². The number of fused-ring (bicyclic) bond motifs is 2. The summed E-state index contributed by atoms with van der Waals surface area (Å²) < 4.78 is 5.40. The van der Waals surface area contributed by atoms with Crippen molar-refractivity contribution in [2.24, 2.45) is 16.7 Å². The first-order valence-electron chi connectivity index (χ1n) is 6.77. The fourth-order valence-electron chi connectivity index (χ4n) is 3.57. The Morgan fingerprint density at radius 3 is 2.30 bits per heavy atom. The number of hydrogen-bond donors (Lipinski definition) is 0. The Balaban J connectivity index is 2.51. The molecule has 0 unspecified atom stereocenters. The molecule has 2 aliphatic rings. The van der Waals surface area contributed by atoms with Crippen molar-refractivity contribution in [1.29, 1.82) is 0 Å². The molecule has 4 nitrogen and oxygen atoms in total. The maximum atomic E-state index is 12.4. The monoisotopic (exact) mass is 276 g/mol. The first-order chi connectivity index (χ1) is 9.18. The van der Waals surface area contributed by atoms with E-state index in [1.54, 1.807) is 26.8 Å². The fourth-order valence-corrected chi connectivity index (χ4v) is 3.57. The molecule has 1 heterocycles. The lowest BCUT2D eigenvalue weighted by Crippen LogP contribution is -2.41. The van der Waals surface area contributed by atoms with Crippen molar-refractivity contribution in [1.82, 2.24) is 0 Å². The minimum Gasteiger partial charge on any atom is -0.460 e. The molecule has 20 heavy (non-hydrogen) atoms. The first kappa shape index (κ1) is 14.7. The third kappa shape index (κ3) is 1.63. The minimum atomic E-state index is -1.12.